The highest BCUT2D eigenvalue weighted by atomic mass is 15.2. The lowest BCUT2D eigenvalue weighted by Crippen LogP contribution is -2.43. The number of piperazine rings is 1. The van der Waals surface area contributed by atoms with E-state index >= 15 is 0 Å². The van der Waals surface area contributed by atoms with E-state index < -0.39 is 0 Å². The van der Waals surface area contributed by atoms with Crippen molar-refractivity contribution in [3.05, 3.63) is 24.4 Å². The summed E-state index contributed by atoms with van der Waals surface area (Å²) in [5.41, 5.74) is 0. The zero-order chi connectivity index (χ0) is 10.9. The van der Waals surface area contributed by atoms with E-state index in [1.54, 1.807) is 0 Å². The topological polar surface area (TPSA) is 28.2 Å². The molecule has 1 aromatic heterocycles. The van der Waals surface area contributed by atoms with Crippen molar-refractivity contribution >= 4 is 5.82 Å². The first-order valence-electron chi connectivity index (χ1n) is 5.75. The van der Waals surface area contributed by atoms with Crippen molar-refractivity contribution < 1.29 is 0 Å². The predicted molar refractivity (Wildman–Crippen MR) is 65.3 cm³/mol. The Hall–Kier alpha value is -1.09. The van der Waals surface area contributed by atoms with Gasteiger partial charge in [-0.1, -0.05) is 26.3 Å². The van der Waals surface area contributed by atoms with Gasteiger partial charge in [-0.25, -0.2) is 4.98 Å². The molecular formula is C12H21N3. The number of hydrogen-bond acceptors (Lipinski definition) is 3. The van der Waals surface area contributed by atoms with Gasteiger partial charge in [-0.2, -0.15) is 0 Å². The van der Waals surface area contributed by atoms with Crippen LogP contribution in [0.15, 0.2) is 24.4 Å². The van der Waals surface area contributed by atoms with Gasteiger partial charge in [0.15, 0.2) is 0 Å². The summed E-state index contributed by atoms with van der Waals surface area (Å²) in [4.78, 5) is 6.60. The normalized spacial score (nSPS) is 15.5. The Morgan fingerprint density at radius 2 is 1.93 bits per heavy atom. The summed E-state index contributed by atoms with van der Waals surface area (Å²) in [6.07, 6.45) is 3.09. The molecule has 0 unspecified atom stereocenters. The van der Waals surface area contributed by atoms with Crippen molar-refractivity contribution in [2.24, 2.45) is 0 Å². The van der Waals surface area contributed by atoms with Crippen LogP contribution in [-0.4, -0.2) is 31.2 Å². The van der Waals surface area contributed by atoms with Gasteiger partial charge >= 0.3 is 0 Å². The first kappa shape index (κ1) is 12.0. The second kappa shape index (κ2) is 7.23. The number of pyridine rings is 1. The lowest BCUT2D eigenvalue weighted by molar-refractivity contribution is 0.585. The average molecular weight is 207 g/mol. The average Bonchev–Trinajstić information content (AvgIpc) is 2.32. The van der Waals surface area contributed by atoms with E-state index in [2.05, 4.69) is 35.1 Å². The van der Waals surface area contributed by atoms with Gasteiger partial charge in [0.05, 0.1) is 0 Å². The molecule has 1 saturated heterocycles. The lowest BCUT2D eigenvalue weighted by Gasteiger charge is -2.28. The standard InChI is InChI=1S/C9H13N3.C3H8/c1-2-4-11-9(3-1)12-7-5-10-6-8-12;1-3-2/h1-4,10H,5-8H2;3H2,1-2H3. The van der Waals surface area contributed by atoms with Crippen molar-refractivity contribution in [1.82, 2.24) is 10.3 Å². The molecule has 0 aliphatic carbocycles. The predicted octanol–water partition coefficient (Wildman–Crippen LogP) is 1.91. The third kappa shape index (κ3) is 4.30. The van der Waals surface area contributed by atoms with Crippen LogP contribution < -0.4 is 10.2 Å². The first-order chi connectivity index (χ1) is 7.38. The van der Waals surface area contributed by atoms with Gasteiger partial charge in [-0.3, -0.25) is 0 Å². The number of nitrogens with zero attached hydrogens (tertiary/aromatic N) is 2. The van der Waals surface area contributed by atoms with Gasteiger partial charge in [-0.15, -0.1) is 0 Å². The molecule has 0 radical (unpaired) electrons. The van der Waals surface area contributed by atoms with Crippen LogP contribution in [-0.2, 0) is 0 Å². The second-order valence-corrected chi connectivity index (χ2v) is 3.63. The summed E-state index contributed by atoms with van der Waals surface area (Å²) in [7, 11) is 0. The van der Waals surface area contributed by atoms with E-state index in [1.165, 1.54) is 6.42 Å². The minimum Gasteiger partial charge on any atom is -0.354 e. The minimum absolute atomic E-state index is 1.07. The molecule has 0 atom stereocenters. The highest BCUT2D eigenvalue weighted by molar-refractivity contribution is 5.38. The summed E-state index contributed by atoms with van der Waals surface area (Å²) in [5, 5.41) is 3.32. The fourth-order valence-electron chi connectivity index (χ4n) is 1.43. The second-order valence-electron chi connectivity index (χ2n) is 3.63. The Morgan fingerprint density at radius 3 is 2.47 bits per heavy atom. The Balaban J connectivity index is 0.000000337. The molecule has 0 aromatic carbocycles. The molecule has 1 N–H and O–H groups in total. The SMILES string of the molecule is CCC.c1ccc(N2CCNCC2)nc1. The number of hydrogen-bond donors (Lipinski definition) is 1. The molecule has 0 amide bonds. The fraction of sp³-hybridized carbons (Fsp3) is 0.583. The Labute approximate surface area is 92.5 Å². The molecule has 0 saturated carbocycles. The van der Waals surface area contributed by atoms with Gasteiger partial charge < -0.3 is 10.2 Å². The maximum absolute atomic E-state index is 4.30. The molecule has 2 heterocycles. The first-order valence-corrected chi connectivity index (χ1v) is 5.75. The molecule has 2 rings (SSSR count). The molecule has 84 valence electrons. The number of nitrogens with one attached hydrogen (secondary N) is 1. The van der Waals surface area contributed by atoms with E-state index in [9.17, 15) is 0 Å². The smallest absolute Gasteiger partial charge is 0.128 e. The van der Waals surface area contributed by atoms with Gasteiger partial charge in [0.1, 0.15) is 5.82 Å². The molecular weight excluding hydrogens is 186 g/mol. The Bertz CT molecular complexity index is 242. The van der Waals surface area contributed by atoms with Crippen molar-refractivity contribution in [2.45, 2.75) is 20.3 Å². The summed E-state index contributed by atoms with van der Waals surface area (Å²) in [6, 6.07) is 6.04. The maximum atomic E-state index is 4.30. The van der Waals surface area contributed by atoms with Crippen molar-refractivity contribution in [2.75, 3.05) is 31.1 Å². The monoisotopic (exact) mass is 207 g/mol. The van der Waals surface area contributed by atoms with Crippen LogP contribution in [0.25, 0.3) is 0 Å². The number of rotatable bonds is 1. The number of aromatic nitrogens is 1. The molecule has 1 aliphatic rings. The summed E-state index contributed by atoms with van der Waals surface area (Å²) in [5.74, 6) is 1.10. The van der Waals surface area contributed by atoms with Crippen LogP contribution in [0.3, 0.4) is 0 Å². The van der Waals surface area contributed by atoms with Crippen LogP contribution in [0.4, 0.5) is 5.82 Å². The van der Waals surface area contributed by atoms with Gasteiger partial charge in [-0.05, 0) is 12.1 Å². The van der Waals surface area contributed by atoms with Crippen LogP contribution in [0, 0.1) is 0 Å². The molecule has 0 spiro atoms. The zero-order valence-electron chi connectivity index (χ0n) is 9.74. The molecule has 3 nitrogen and oxygen atoms in total. The maximum Gasteiger partial charge on any atom is 0.128 e. The summed E-state index contributed by atoms with van der Waals surface area (Å²) >= 11 is 0. The molecule has 0 bridgehead atoms. The summed E-state index contributed by atoms with van der Waals surface area (Å²) in [6.45, 7) is 8.52. The summed E-state index contributed by atoms with van der Waals surface area (Å²) < 4.78 is 0. The van der Waals surface area contributed by atoms with Crippen molar-refractivity contribution in [3.8, 4) is 0 Å². The quantitative estimate of drug-likeness (QED) is 0.762. The van der Waals surface area contributed by atoms with Crippen molar-refractivity contribution in [3.63, 3.8) is 0 Å². The van der Waals surface area contributed by atoms with E-state index in [-0.39, 0.29) is 0 Å². The zero-order valence-corrected chi connectivity index (χ0v) is 9.74. The molecule has 3 heteroatoms. The van der Waals surface area contributed by atoms with E-state index in [0.29, 0.717) is 0 Å². The largest absolute Gasteiger partial charge is 0.354 e. The van der Waals surface area contributed by atoms with Gasteiger partial charge in [0, 0.05) is 32.4 Å². The van der Waals surface area contributed by atoms with Crippen LogP contribution in [0.5, 0.6) is 0 Å². The minimum atomic E-state index is 1.07. The molecule has 1 fully saturated rings. The lowest BCUT2D eigenvalue weighted by atomic mass is 10.3. The van der Waals surface area contributed by atoms with E-state index in [4.69, 9.17) is 0 Å². The third-order valence-corrected chi connectivity index (χ3v) is 2.09. The van der Waals surface area contributed by atoms with Gasteiger partial charge in [0.25, 0.3) is 0 Å². The van der Waals surface area contributed by atoms with E-state index in [0.717, 1.165) is 32.0 Å². The molecule has 15 heavy (non-hydrogen) atoms. The fourth-order valence-corrected chi connectivity index (χ4v) is 1.43. The van der Waals surface area contributed by atoms with Crippen molar-refractivity contribution in [1.29, 1.82) is 0 Å². The Kier molecular flexibility index (Phi) is 5.78. The van der Waals surface area contributed by atoms with E-state index in [1.807, 2.05) is 18.3 Å². The molecule has 1 aromatic rings. The molecule has 1 aliphatic heterocycles. The Morgan fingerprint density at radius 1 is 1.27 bits per heavy atom. The highest BCUT2D eigenvalue weighted by Gasteiger charge is 2.09. The van der Waals surface area contributed by atoms with Crippen LogP contribution >= 0.6 is 0 Å². The van der Waals surface area contributed by atoms with Crippen LogP contribution in [0.2, 0.25) is 0 Å². The third-order valence-electron chi connectivity index (χ3n) is 2.09. The van der Waals surface area contributed by atoms with Crippen LogP contribution in [0.1, 0.15) is 20.3 Å². The highest BCUT2D eigenvalue weighted by Crippen LogP contribution is 2.08. The van der Waals surface area contributed by atoms with Gasteiger partial charge in [0.2, 0.25) is 0 Å². The number of anilines is 1.